The van der Waals surface area contributed by atoms with Crippen LogP contribution in [-0.4, -0.2) is 23.9 Å². The third kappa shape index (κ3) is 3.39. The lowest BCUT2D eigenvalue weighted by atomic mass is 10.1. The van der Waals surface area contributed by atoms with Gasteiger partial charge in [0.05, 0.1) is 12.1 Å². The molecule has 1 aromatic heterocycles. The van der Waals surface area contributed by atoms with Gasteiger partial charge in [-0.3, -0.25) is 4.79 Å². The fraction of sp³-hybridized carbons (Fsp3) is 0.312. The Balaban J connectivity index is 2.20. The van der Waals surface area contributed by atoms with Crippen molar-refractivity contribution < 1.29 is 4.79 Å². The predicted molar refractivity (Wildman–Crippen MR) is 85.3 cm³/mol. The summed E-state index contributed by atoms with van der Waals surface area (Å²) in [7, 11) is 0. The lowest BCUT2D eigenvalue weighted by Gasteiger charge is -2.22. The van der Waals surface area contributed by atoms with E-state index in [-0.39, 0.29) is 5.91 Å². The summed E-state index contributed by atoms with van der Waals surface area (Å²) in [6.07, 6.45) is 0. The molecule has 2 rings (SSSR count). The molecular weight excluding hydrogens is 268 g/mol. The Morgan fingerprint density at radius 2 is 2.00 bits per heavy atom. The van der Waals surface area contributed by atoms with Crippen molar-refractivity contribution in [2.45, 2.75) is 20.4 Å². The quantitative estimate of drug-likeness (QED) is 0.876. The van der Waals surface area contributed by atoms with E-state index in [0.717, 1.165) is 17.8 Å². The monoisotopic (exact) mass is 288 g/mol. The average molecular weight is 288 g/mol. The fourth-order valence-electron chi connectivity index (χ4n) is 2.10. The number of anilines is 1. The molecule has 1 amide bonds. The van der Waals surface area contributed by atoms with Crippen molar-refractivity contribution in [3.63, 3.8) is 0 Å². The standard InChI is InChI=1S/C16H20N2OS/c1-3-17-15-10-6-5-9-14(15)16(19)18(4-2)12-13-8-7-11-20-13/h5-11,17H,3-4,12H2,1-2H3. The number of nitrogens with zero attached hydrogens (tertiary/aromatic N) is 1. The van der Waals surface area contributed by atoms with E-state index in [4.69, 9.17) is 0 Å². The summed E-state index contributed by atoms with van der Waals surface area (Å²) >= 11 is 1.68. The minimum absolute atomic E-state index is 0.0810. The molecule has 1 N–H and O–H groups in total. The van der Waals surface area contributed by atoms with Gasteiger partial charge in [0.25, 0.3) is 5.91 Å². The van der Waals surface area contributed by atoms with Crippen LogP contribution in [0, 0.1) is 0 Å². The zero-order valence-corrected chi connectivity index (χ0v) is 12.7. The van der Waals surface area contributed by atoms with Crippen molar-refractivity contribution in [2.75, 3.05) is 18.4 Å². The molecule has 0 radical (unpaired) electrons. The molecule has 0 bridgehead atoms. The Bertz CT molecular complexity index is 551. The summed E-state index contributed by atoms with van der Waals surface area (Å²) in [5, 5.41) is 5.29. The van der Waals surface area contributed by atoms with Crippen molar-refractivity contribution in [3.05, 3.63) is 52.2 Å². The molecule has 3 nitrogen and oxygen atoms in total. The molecule has 1 heterocycles. The SMILES string of the molecule is CCNc1ccccc1C(=O)N(CC)Cc1cccs1. The van der Waals surface area contributed by atoms with E-state index in [9.17, 15) is 4.79 Å². The molecule has 106 valence electrons. The van der Waals surface area contributed by atoms with E-state index >= 15 is 0 Å². The molecule has 0 aliphatic rings. The van der Waals surface area contributed by atoms with E-state index in [1.54, 1.807) is 11.3 Å². The summed E-state index contributed by atoms with van der Waals surface area (Å²) in [5.74, 6) is 0.0810. The number of carbonyl (C=O) groups excluding carboxylic acids is 1. The van der Waals surface area contributed by atoms with Crippen molar-refractivity contribution in [3.8, 4) is 0 Å². The van der Waals surface area contributed by atoms with Crippen LogP contribution in [0.1, 0.15) is 29.1 Å². The van der Waals surface area contributed by atoms with Gasteiger partial charge in [-0.15, -0.1) is 11.3 Å². The van der Waals surface area contributed by atoms with Gasteiger partial charge in [0, 0.05) is 23.7 Å². The van der Waals surface area contributed by atoms with Crippen LogP contribution in [0.4, 0.5) is 5.69 Å². The van der Waals surface area contributed by atoms with Crippen LogP contribution in [0.25, 0.3) is 0 Å². The molecule has 0 unspecified atom stereocenters. The van der Waals surface area contributed by atoms with Gasteiger partial charge in [0.2, 0.25) is 0 Å². The molecule has 0 saturated heterocycles. The van der Waals surface area contributed by atoms with Gasteiger partial charge < -0.3 is 10.2 Å². The topological polar surface area (TPSA) is 32.3 Å². The van der Waals surface area contributed by atoms with Gasteiger partial charge in [-0.25, -0.2) is 0 Å². The number of benzene rings is 1. The van der Waals surface area contributed by atoms with E-state index in [1.807, 2.05) is 54.5 Å². The molecule has 0 aliphatic carbocycles. The number of amides is 1. The summed E-state index contributed by atoms with van der Waals surface area (Å²) < 4.78 is 0. The van der Waals surface area contributed by atoms with Gasteiger partial charge in [0.15, 0.2) is 0 Å². The molecule has 0 spiro atoms. The summed E-state index contributed by atoms with van der Waals surface area (Å²) in [4.78, 5) is 15.8. The second-order valence-corrected chi connectivity index (χ2v) is 5.51. The Labute approximate surface area is 124 Å². The summed E-state index contributed by atoms with van der Waals surface area (Å²) in [6.45, 7) is 6.23. The zero-order valence-electron chi connectivity index (χ0n) is 11.9. The minimum Gasteiger partial charge on any atom is -0.385 e. The number of hydrogen-bond acceptors (Lipinski definition) is 3. The first-order valence-corrected chi connectivity index (χ1v) is 7.78. The van der Waals surface area contributed by atoms with Crippen LogP contribution in [0.15, 0.2) is 41.8 Å². The van der Waals surface area contributed by atoms with Gasteiger partial charge in [0.1, 0.15) is 0 Å². The molecule has 0 atom stereocenters. The highest BCUT2D eigenvalue weighted by molar-refractivity contribution is 7.09. The lowest BCUT2D eigenvalue weighted by molar-refractivity contribution is 0.0755. The second kappa shape index (κ2) is 7.10. The van der Waals surface area contributed by atoms with Crippen molar-refractivity contribution in [2.24, 2.45) is 0 Å². The number of nitrogens with one attached hydrogen (secondary N) is 1. The third-order valence-electron chi connectivity index (χ3n) is 3.12. The van der Waals surface area contributed by atoms with Crippen LogP contribution in [0.3, 0.4) is 0 Å². The van der Waals surface area contributed by atoms with E-state index in [2.05, 4.69) is 11.4 Å². The molecule has 1 aromatic carbocycles. The smallest absolute Gasteiger partial charge is 0.256 e. The molecule has 0 saturated carbocycles. The Kier molecular flexibility index (Phi) is 5.18. The average Bonchev–Trinajstić information content (AvgIpc) is 2.98. The molecule has 20 heavy (non-hydrogen) atoms. The van der Waals surface area contributed by atoms with Crippen LogP contribution in [0.2, 0.25) is 0 Å². The zero-order chi connectivity index (χ0) is 14.4. The van der Waals surface area contributed by atoms with Gasteiger partial charge in [-0.1, -0.05) is 18.2 Å². The molecule has 2 aromatic rings. The van der Waals surface area contributed by atoms with E-state index in [1.165, 1.54) is 4.88 Å². The maximum atomic E-state index is 12.7. The Morgan fingerprint density at radius 3 is 2.65 bits per heavy atom. The Morgan fingerprint density at radius 1 is 1.20 bits per heavy atom. The van der Waals surface area contributed by atoms with Crippen LogP contribution in [-0.2, 0) is 6.54 Å². The number of thiophene rings is 1. The minimum atomic E-state index is 0.0810. The predicted octanol–water partition coefficient (Wildman–Crippen LogP) is 3.84. The second-order valence-electron chi connectivity index (χ2n) is 4.47. The molecule has 4 heteroatoms. The molecular formula is C16H20N2OS. The summed E-state index contributed by atoms with van der Waals surface area (Å²) in [6, 6.07) is 11.8. The van der Waals surface area contributed by atoms with E-state index in [0.29, 0.717) is 13.1 Å². The van der Waals surface area contributed by atoms with Crippen molar-refractivity contribution in [1.82, 2.24) is 4.90 Å². The third-order valence-corrected chi connectivity index (χ3v) is 3.98. The van der Waals surface area contributed by atoms with Crippen molar-refractivity contribution >= 4 is 22.9 Å². The first-order chi connectivity index (χ1) is 9.76. The molecule has 0 aliphatic heterocycles. The summed E-state index contributed by atoms with van der Waals surface area (Å²) in [5.41, 5.74) is 1.65. The number of carbonyl (C=O) groups is 1. The fourth-order valence-corrected chi connectivity index (χ4v) is 2.82. The highest BCUT2D eigenvalue weighted by atomic mass is 32.1. The first-order valence-electron chi connectivity index (χ1n) is 6.90. The van der Waals surface area contributed by atoms with Crippen LogP contribution < -0.4 is 5.32 Å². The van der Waals surface area contributed by atoms with Crippen LogP contribution >= 0.6 is 11.3 Å². The lowest BCUT2D eigenvalue weighted by Crippen LogP contribution is -2.30. The van der Waals surface area contributed by atoms with E-state index < -0.39 is 0 Å². The number of para-hydroxylation sites is 1. The van der Waals surface area contributed by atoms with Gasteiger partial charge in [-0.05, 0) is 37.4 Å². The Hall–Kier alpha value is -1.81. The van der Waals surface area contributed by atoms with Gasteiger partial charge >= 0.3 is 0 Å². The number of hydrogen-bond donors (Lipinski definition) is 1. The van der Waals surface area contributed by atoms with Crippen LogP contribution in [0.5, 0.6) is 0 Å². The highest BCUT2D eigenvalue weighted by Crippen LogP contribution is 2.19. The normalized spacial score (nSPS) is 10.3. The highest BCUT2D eigenvalue weighted by Gasteiger charge is 2.17. The van der Waals surface area contributed by atoms with Crippen molar-refractivity contribution in [1.29, 1.82) is 0 Å². The van der Waals surface area contributed by atoms with Gasteiger partial charge in [-0.2, -0.15) is 0 Å². The maximum absolute atomic E-state index is 12.7. The first kappa shape index (κ1) is 14.6. The largest absolute Gasteiger partial charge is 0.385 e. The molecule has 0 fully saturated rings. The number of rotatable bonds is 6. The maximum Gasteiger partial charge on any atom is 0.256 e.